The first kappa shape index (κ1) is 9.24. The number of hydrogen-bond acceptors (Lipinski definition) is 2. The highest BCUT2D eigenvalue weighted by Crippen LogP contribution is 2.06. The Bertz CT molecular complexity index is 162. The van der Waals surface area contributed by atoms with Crippen LogP contribution in [0.15, 0.2) is 0 Å². The third-order valence-corrected chi connectivity index (χ3v) is 4.12. The van der Waals surface area contributed by atoms with E-state index in [0.717, 1.165) is 0 Å². The lowest BCUT2D eigenvalue weighted by molar-refractivity contribution is 0.585. The first-order valence-corrected chi connectivity index (χ1v) is 5.07. The van der Waals surface area contributed by atoms with Gasteiger partial charge in [0.25, 0.3) is 0 Å². The second-order valence-electron chi connectivity index (χ2n) is 1.99. The SMILES string of the molecule is CCC(C)S(=O)(=O)CCl. The Labute approximate surface area is 61.1 Å². The molecule has 0 aliphatic heterocycles. The van der Waals surface area contributed by atoms with Gasteiger partial charge in [-0.25, -0.2) is 8.42 Å². The van der Waals surface area contributed by atoms with E-state index in [-0.39, 0.29) is 10.5 Å². The topological polar surface area (TPSA) is 34.1 Å². The van der Waals surface area contributed by atoms with Crippen LogP contribution in [0.3, 0.4) is 0 Å². The molecule has 0 radical (unpaired) electrons. The lowest BCUT2D eigenvalue weighted by Gasteiger charge is -2.05. The summed E-state index contributed by atoms with van der Waals surface area (Å²) in [7, 11) is -2.98. The van der Waals surface area contributed by atoms with Crippen molar-refractivity contribution in [2.45, 2.75) is 25.5 Å². The van der Waals surface area contributed by atoms with Gasteiger partial charge < -0.3 is 0 Å². The average molecular weight is 171 g/mol. The van der Waals surface area contributed by atoms with Crippen LogP contribution in [-0.4, -0.2) is 18.9 Å². The molecule has 0 aromatic heterocycles. The molecule has 0 saturated carbocycles. The molecule has 0 aromatic carbocycles. The molecule has 0 bridgehead atoms. The van der Waals surface area contributed by atoms with Gasteiger partial charge in [0.1, 0.15) is 5.21 Å². The monoisotopic (exact) mass is 170 g/mol. The van der Waals surface area contributed by atoms with Crippen molar-refractivity contribution >= 4 is 21.4 Å². The fourth-order valence-corrected chi connectivity index (χ4v) is 1.73. The standard InChI is InChI=1S/C5H11ClO2S/c1-3-5(2)9(7,8)4-6/h5H,3-4H2,1-2H3. The minimum absolute atomic E-state index is 0.262. The summed E-state index contributed by atoms with van der Waals surface area (Å²) in [5.41, 5.74) is 0. The summed E-state index contributed by atoms with van der Waals surface area (Å²) in [4.78, 5) is 0. The van der Waals surface area contributed by atoms with Crippen LogP contribution in [0, 0.1) is 0 Å². The summed E-state index contributed by atoms with van der Waals surface area (Å²) < 4.78 is 21.6. The number of alkyl halides is 1. The molecule has 2 nitrogen and oxygen atoms in total. The molecule has 1 atom stereocenters. The van der Waals surface area contributed by atoms with Crippen LogP contribution in [0.2, 0.25) is 0 Å². The lowest BCUT2D eigenvalue weighted by Crippen LogP contribution is -2.17. The molecule has 0 fully saturated rings. The summed E-state index contributed by atoms with van der Waals surface area (Å²) in [5.74, 6) is 0. The molecule has 56 valence electrons. The van der Waals surface area contributed by atoms with Crippen LogP contribution in [0.25, 0.3) is 0 Å². The van der Waals surface area contributed by atoms with Gasteiger partial charge in [-0.3, -0.25) is 0 Å². The van der Waals surface area contributed by atoms with Crippen molar-refractivity contribution in [3.05, 3.63) is 0 Å². The van der Waals surface area contributed by atoms with E-state index in [1.165, 1.54) is 0 Å². The van der Waals surface area contributed by atoms with Crippen molar-refractivity contribution in [3.8, 4) is 0 Å². The quantitative estimate of drug-likeness (QED) is 0.600. The van der Waals surface area contributed by atoms with Crippen molar-refractivity contribution in [3.63, 3.8) is 0 Å². The molecule has 9 heavy (non-hydrogen) atoms. The molecule has 1 unspecified atom stereocenters. The Kier molecular flexibility index (Phi) is 3.51. The minimum Gasteiger partial charge on any atom is -0.227 e. The van der Waals surface area contributed by atoms with Gasteiger partial charge in [0.2, 0.25) is 0 Å². The second kappa shape index (κ2) is 3.42. The summed E-state index contributed by atoms with van der Waals surface area (Å²) in [6.07, 6.45) is 0.634. The zero-order valence-electron chi connectivity index (χ0n) is 5.59. The molecule has 0 heterocycles. The predicted molar refractivity (Wildman–Crippen MR) is 39.4 cm³/mol. The maximum atomic E-state index is 10.8. The van der Waals surface area contributed by atoms with Gasteiger partial charge in [-0.05, 0) is 13.3 Å². The fourth-order valence-electron chi connectivity index (χ4n) is 0.361. The molecule has 0 aliphatic rings. The third-order valence-electron chi connectivity index (χ3n) is 1.34. The summed E-state index contributed by atoms with van der Waals surface area (Å²) >= 11 is 5.18. The Hall–Kier alpha value is 0.240. The van der Waals surface area contributed by atoms with E-state index < -0.39 is 9.84 Å². The smallest absolute Gasteiger partial charge is 0.166 e. The van der Waals surface area contributed by atoms with Gasteiger partial charge in [-0.2, -0.15) is 0 Å². The van der Waals surface area contributed by atoms with Gasteiger partial charge in [-0.1, -0.05) is 6.92 Å². The number of sulfone groups is 1. The van der Waals surface area contributed by atoms with E-state index in [9.17, 15) is 8.42 Å². The lowest BCUT2D eigenvalue weighted by atomic mass is 10.4. The van der Waals surface area contributed by atoms with Crippen molar-refractivity contribution in [1.82, 2.24) is 0 Å². The Balaban J connectivity index is 4.17. The van der Waals surface area contributed by atoms with Gasteiger partial charge >= 0.3 is 0 Å². The molecule has 0 spiro atoms. The van der Waals surface area contributed by atoms with Gasteiger partial charge in [0, 0.05) is 0 Å². The average Bonchev–Trinajstić information content (AvgIpc) is 1.86. The van der Waals surface area contributed by atoms with Crippen LogP contribution in [0.1, 0.15) is 20.3 Å². The Morgan fingerprint density at radius 2 is 2.00 bits per heavy atom. The number of halogens is 1. The zero-order valence-corrected chi connectivity index (χ0v) is 7.17. The largest absolute Gasteiger partial charge is 0.227 e. The van der Waals surface area contributed by atoms with E-state index >= 15 is 0 Å². The molecular weight excluding hydrogens is 160 g/mol. The molecule has 0 aliphatic carbocycles. The number of hydrogen-bond donors (Lipinski definition) is 0. The molecule has 4 heteroatoms. The van der Waals surface area contributed by atoms with Crippen molar-refractivity contribution in [1.29, 1.82) is 0 Å². The maximum absolute atomic E-state index is 10.8. The van der Waals surface area contributed by atoms with Crippen LogP contribution < -0.4 is 0 Å². The minimum atomic E-state index is -2.98. The predicted octanol–water partition coefficient (Wildman–Crippen LogP) is 1.40. The molecule has 0 rings (SSSR count). The third kappa shape index (κ3) is 2.54. The molecule has 0 aromatic rings. The van der Waals surface area contributed by atoms with Crippen molar-refractivity contribution in [2.24, 2.45) is 0 Å². The summed E-state index contributed by atoms with van der Waals surface area (Å²) in [6.45, 7) is 3.49. The first-order valence-electron chi connectivity index (χ1n) is 2.82. The molecular formula is C5H11ClO2S. The van der Waals surface area contributed by atoms with Crippen LogP contribution in [-0.2, 0) is 9.84 Å². The van der Waals surface area contributed by atoms with Gasteiger partial charge in [0.05, 0.1) is 5.25 Å². The summed E-state index contributed by atoms with van der Waals surface area (Å²) in [6, 6.07) is 0. The molecule has 0 amide bonds. The highest BCUT2D eigenvalue weighted by molar-refractivity contribution is 7.93. The zero-order chi connectivity index (χ0) is 7.49. The highest BCUT2D eigenvalue weighted by atomic mass is 35.5. The van der Waals surface area contributed by atoms with E-state index in [1.807, 2.05) is 6.92 Å². The van der Waals surface area contributed by atoms with Gasteiger partial charge in [0.15, 0.2) is 9.84 Å². The van der Waals surface area contributed by atoms with Crippen LogP contribution in [0.4, 0.5) is 0 Å². The van der Waals surface area contributed by atoms with Crippen molar-refractivity contribution in [2.75, 3.05) is 5.21 Å². The normalized spacial score (nSPS) is 15.4. The van der Waals surface area contributed by atoms with Crippen LogP contribution in [0.5, 0.6) is 0 Å². The van der Waals surface area contributed by atoms with E-state index in [1.54, 1.807) is 6.92 Å². The molecule has 0 N–H and O–H groups in total. The Morgan fingerprint density at radius 1 is 1.56 bits per heavy atom. The maximum Gasteiger partial charge on any atom is 0.166 e. The first-order chi connectivity index (χ1) is 4.04. The van der Waals surface area contributed by atoms with E-state index in [0.29, 0.717) is 6.42 Å². The van der Waals surface area contributed by atoms with Crippen molar-refractivity contribution < 1.29 is 8.42 Å². The van der Waals surface area contributed by atoms with E-state index in [4.69, 9.17) is 11.6 Å². The van der Waals surface area contributed by atoms with E-state index in [2.05, 4.69) is 0 Å². The van der Waals surface area contributed by atoms with Gasteiger partial charge in [-0.15, -0.1) is 11.6 Å². The molecule has 0 saturated heterocycles. The highest BCUT2D eigenvalue weighted by Gasteiger charge is 2.16. The van der Waals surface area contributed by atoms with Crippen LogP contribution >= 0.6 is 11.6 Å². The second-order valence-corrected chi connectivity index (χ2v) is 4.99. The Morgan fingerprint density at radius 3 is 2.11 bits per heavy atom. The summed E-state index contributed by atoms with van der Waals surface area (Å²) in [5, 5.41) is -0.558. The number of rotatable bonds is 3. The fraction of sp³-hybridized carbons (Fsp3) is 1.00.